The first kappa shape index (κ1) is 25.9. The number of likely N-dealkylation sites (tertiary alicyclic amines) is 1. The molecule has 4 aliphatic rings. The van der Waals surface area contributed by atoms with Gasteiger partial charge in [0.25, 0.3) is 0 Å². The second-order valence-electron chi connectivity index (χ2n) is 11.3. The molecule has 2 saturated carbocycles. The topological polar surface area (TPSA) is 123 Å². The van der Waals surface area contributed by atoms with Gasteiger partial charge in [0.15, 0.2) is 11.6 Å². The van der Waals surface area contributed by atoms with Crippen molar-refractivity contribution in [2.45, 2.75) is 89.1 Å². The van der Waals surface area contributed by atoms with Gasteiger partial charge in [0.1, 0.15) is 5.82 Å². The van der Waals surface area contributed by atoms with Gasteiger partial charge in [-0.25, -0.2) is 14.8 Å². The SMILES string of the molecule is Cc1nc(NNC(=O)[C@@H](CNC(=O)O)CC2CCCC2)c(F)c(N2CCC[C@H]2C2(N3CCCC3)CC2)n1. The van der Waals surface area contributed by atoms with E-state index in [0.29, 0.717) is 24.0 Å². The molecule has 0 spiro atoms. The highest BCUT2D eigenvalue weighted by atomic mass is 19.1. The standard InChI is InChI=1S/C26H40FN7O3/c1-17-29-22(31-32-24(35)19(16-28-25(36)37)15-18-7-2-3-8-18)21(27)23(30-17)34-14-6-9-20(34)26(10-11-26)33-12-4-5-13-33/h18-20,28H,2-16H2,1H3,(H,32,35)(H,36,37)(H,29,30,31)/t19-,20+/m1/s1. The van der Waals surface area contributed by atoms with E-state index in [2.05, 4.69) is 35.9 Å². The monoisotopic (exact) mass is 517 g/mol. The number of hydrogen-bond donors (Lipinski definition) is 4. The lowest BCUT2D eigenvalue weighted by Gasteiger charge is -2.38. The highest BCUT2D eigenvalue weighted by Crippen LogP contribution is 2.51. The van der Waals surface area contributed by atoms with Gasteiger partial charge in [-0.2, -0.15) is 4.39 Å². The van der Waals surface area contributed by atoms with Crippen molar-refractivity contribution in [3.05, 3.63) is 11.6 Å². The van der Waals surface area contributed by atoms with Gasteiger partial charge >= 0.3 is 6.09 Å². The average molecular weight is 518 g/mol. The maximum atomic E-state index is 15.8. The van der Waals surface area contributed by atoms with Crippen LogP contribution >= 0.6 is 0 Å². The van der Waals surface area contributed by atoms with E-state index >= 15 is 4.39 Å². The Morgan fingerprint density at radius 3 is 2.49 bits per heavy atom. The summed E-state index contributed by atoms with van der Waals surface area (Å²) in [6.07, 6.45) is 10.6. The molecule has 204 valence electrons. The van der Waals surface area contributed by atoms with Gasteiger partial charge in [-0.15, -0.1) is 0 Å². The first-order chi connectivity index (χ1) is 17.9. The van der Waals surface area contributed by atoms with E-state index in [1.165, 1.54) is 12.8 Å². The number of hydrazine groups is 1. The molecule has 2 saturated heterocycles. The zero-order valence-electron chi connectivity index (χ0n) is 21.8. The molecule has 0 unspecified atom stereocenters. The largest absolute Gasteiger partial charge is 0.465 e. The second kappa shape index (κ2) is 11.0. The van der Waals surface area contributed by atoms with Crippen molar-refractivity contribution in [1.82, 2.24) is 25.6 Å². The number of anilines is 2. The van der Waals surface area contributed by atoms with Crippen LogP contribution in [-0.2, 0) is 4.79 Å². The molecule has 4 N–H and O–H groups in total. The number of carbonyl (C=O) groups is 2. The average Bonchev–Trinajstić information content (AvgIpc) is 3.34. The van der Waals surface area contributed by atoms with Gasteiger partial charge in [0, 0.05) is 24.7 Å². The number of aryl methyl sites for hydroxylation is 1. The molecule has 3 heterocycles. The van der Waals surface area contributed by atoms with Gasteiger partial charge in [-0.3, -0.25) is 20.5 Å². The van der Waals surface area contributed by atoms with Crippen LogP contribution in [0, 0.1) is 24.6 Å². The van der Waals surface area contributed by atoms with Crippen LogP contribution in [-0.4, -0.2) is 69.7 Å². The van der Waals surface area contributed by atoms with Gasteiger partial charge in [-0.1, -0.05) is 25.7 Å². The Morgan fingerprint density at radius 2 is 1.81 bits per heavy atom. The van der Waals surface area contributed by atoms with Crippen molar-refractivity contribution < 1.29 is 19.1 Å². The highest BCUT2D eigenvalue weighted by Gasteiger charge is 2.57. The van der Waals surface area contributed by atoms with E-state index in [9.17, 15) is 9.59 Å². The third kappa shape index (κ3) is 5.61. The molecule has 11 heteroatoms. The maximum Gasteiger partial charge on any atom is 0.404 e. The summed E-state index contributed by atoms with van der Waals surface area (Å²) in [7, 11) is 0. The molecular formula is C26H40FN7O3. The predicted molar refractivity (Wildman–Crippen MR) is 138 cm³/mol. The molecule has 5 rings (SSSR count). The molecule has 0 bridgehead atoms. The summed E-state index contributed by atoms with van der Waals surface area (Å²) in [5.74, 6) is -0.414. The molecule has 10 nitrogen and oxygen atoms in total. The zero-order valence-corrected chi connectivity index (χ0v) is 21.8. The first-order valence-electron chi connectivity index (χ1n) is 14.0. The Labute approximate surface area is 217 Å². The van der Waals surface area contributed by atoms with E-state index in [0.717, 1.165) is 71.0 Å². The van der Waals surface area contributed by atoms with Crippen LogP contribution in [0.25, 0.3) is 0 Å². The van der Waals surface area contributed by atoms with Crippen molar-refractivity contribution in [2.75, 3.05) is 36.5 Å². The molecule has 2 amide bonds. The number of rotatable bonds is 10. The van der Waals surface area contributed by atoms with Crippen molar-refractivity contribution >= 4 is 23.6 Å². The van der Waals surface area contributed by atoms with Crippen LogP contribution < -0.4 is 21.1 Å². The summed E-state index contributed by atoms with van der Waals surface area (Å²) in [6, 6.07) is 0.231. The summed E-state index contributed by atoms with van der Waals surface area (Å²) < 4.78 is 15.8. The summed E-state index contributed by atoms with van der Waals surface area (Å²) in [4.78, 5) is 37.5. The highest BCUT2D eigenvalue weighted by molar-refractivity contribution is 5.80. The van der Waals surface area contributed by atoms with Crippen molar-refractivity contribution in [3.63, 3.8) is 0 Å². The molecule has 37 heavy (non-hydrogen) atoms. The fourth-order valence-electron chi connectivity index (χ4n) is 6.91. The third-order valence-corrected chi connectivity index (χ3v) is 8.86. The Bertz CT molecular complexity index is 993. The summed E-state index contributed by atoms with van der Waals surface area (Å²) in [5.41, 5.74) is 5.43. The summed E-state index contributed by atoms with van der Waals surface area (Å²) >= 11 is 0. The minimum atomic E-state index is -1.16. The number of hydrogen-bond acceptors (Lipinski definition) is 7. The van der Waals surface area contributed by atoms with Crippen LogP contribution in [0.5, 0.6) is 0 Å². The molecule has 2 aliphatic heterocycles. The molecule has 2 aliphatic carbocycles. The fourth-order valence-corrected chi connectivity index (χ4v) is 6.91. The van der Waals surface area contributed by atoms with E-state index in [4.69, 9.17) is 5.11 Å². The van der Waals surface area contributed by atoms with Crippen molar-refractivity contribution in [2.24, 2.45) is 11.8 Å². The molecule has 1 aromatic rings. The van der Waals surface area contributed by atoms with Gasteiger partial charge in [-0.05, 0) is 70.9 Å². The molecule has 0 radical (unpaired) electrons. The summed E-state index contributed by atoms with van der Waals surface area (Å²) in [5, 5.41) is 11.4. The second-order valence-corrected chi connectivity index (χ2v) is 11.3. The normalized spacial score (nSPS) is 24.3. The predicted octanol–water partition coefficient (Wildman–Crippen LogP) is 3.43. The minimum absolute atomic E-state index is 0.0178. The number of carbonyl (C=O) groups excluding carboxylic acids is 1. The Morgan fingerprint density at radius 1 is 1.08 bits per heavy atom. The van der Waals surface area contributed by atoms with Crippen LogP contribution in [0.3, 0.4) is 0 Å². The first-order valence-corrected chi connectivity index (χ1v) is 14.0. The van der Waals surface area contributed by atoms with Crippen LogP contribution in [0.1, 0.15) is 76.5 Å². The molecule has 0 aromatic carbocycles. The van der Waals surface area contributed by atoms with Crippen molar-refractivity contribution in [3.8, 4) is 0 Å². The number of nitrogens with one attached hydrogen (secondary N) is 3. The van der Waals surface area contributed by atoms with Crippen LogP contribution in [0.15, 0.2) is 0 Å². The molecule has 2 atom stereocenters. The van der Waals surface area contributed by atoms with E-state index in [1.807, 2.05) is 0 Å². The number of carboxylic acid groups (broad SMARTS) is 1. The van der Waals surface area contributed by atoms with E-state index in [1.54, 1.807) is 6.92 Å². The zero-order chi connectivity index (χ0) is 26.0. The fraction of sp³-hybridized carbons (Fsp3) is 0.769. The lowest BCUT2D eigenvalue weighted by molar-refractivity contribution is -0.124. The number of nitrogens with zero attached hydrogens (tertiary/aromatic N) is 4. The van der Waals surface area contributed by atoms with E-state index in [-0.39, 0.29) is 29.9 Å². The third-order valence-electron chi connectivity index (χ3n) is 8.86. The summed E-state index contributed by atoms with van der Waals surface area (Å²) in [6.45, 7) is 4.74. The lowest BCUT2D eigenvalue weighted by Crippen LogP contribution is -2.51. The Hall–Kier alpha value is -2.69. The number of aromatic nitrogens is 2. The number of amides is 2. The van der Waals surface area contributed by atoms with Gasteiger partial charge in [0.2, 0.25) is 11.7 Å². The molecule has 1 aromatic heterocycles. The van der Waals surface area contributed by atoms with Crippen LogP contribution in [0.4, 0.5) is 20.8 Å². The van der Waals surface area contributed by atoms with Gasteiger partial charge < -0.3 is 15.3 Å². The van der Waals surface area contributed by atoms with Crippen molar-refractivity contribution in [1.29, 1.82) is 0 Å². The Balaban J connectivity index is 1.29. The molecular weight excluding hydrogens is 477 g/mol. The molecule has 4 fully saturated rings. The Kier molecular flexibility index (Phi) is 7.69. The quantitative estimate of drug-likeness (QED) is 0.348. The van der Waals surface area contributed by atoms with E-state index < -0.39 is 17.8 Å². The number of halogens is 1. The minimum Gasteiger partial charge on any atom is -0.465 e. The smallest absolute Gasteiger partial charge is 0.404 e. The maximum absolute atomic E-state index is 15.8. The van der Waals surface area contributed by atoms with Gasteiger partial charge in [0.05, 0.1) is 5.92 Å². The van der Waals surface area contributed by atoms with Crippen LogP contribution in [0.2, 0.25) is 0 Å². The lowest BCUT2D eigenvalue weighted by atomic mass is 9.92.